The second-order valence-corrected chi connectivity index (χ2v) is 7.47. The molecule has 3 rings (SSSR count). The minimum Gasteiger partial charge on any atom is -0.366 e. The quantitative estimate of drug-likeness (QED) is 0.939. The molecule has 0 unspecified atom stereocenters. The van der Waals surface area contributed by atoms with Crippen molar-refractivity contribution in [3.05, 3.63) is 17.8 Å². The van der Waals surface area contributed by atoms with Crippen molar-refractivity contribution in [2.75, 3.05) is 25.0 Å². The molecule has 0 radical (unpaired) electrons. The Kier molecular flexibility index (Phi) is 4.40. The van der Waals surface area contributed by atoms with Crippen molar-refractivity contribution in [3.63, 3.8) is 0 Å². The molecule has 3 heterocycles. The predicted molar refractivity (Wildman–Crippen MR) is 89.9 cm³/mol. The fourth-order valence-electron chi connectivity index (χ4n) is 3.51. The van der Waals surface area contributed by atoms with E-state index in [4.69, 9.17) is 0 Å². The largest absolute Gasteiger partial charge is 0.366 e. The van der Waals surface area contributed by atoms with E-state index < -0.39 is 0 Å². The Hall–Kier alpha value is -1.20. The van der Waals surface area contributed by atoms with E-state index >= 15 is 0 Å². The van der Waals surface area contributed by atoms with Crippen LogP contribution in [0.15, 0.2) is 17.8 Å². The Morgan fingerprint density at radius 2 is 2.10 bits per heavy atom. The molecule has 0 aliphatic carbocycles. The zero-order valence-electron chi connectivity index (χ0n) is 13.0. The van der Waals surface area contributed by atoms with Crippen LogP contribution in [-0.2, 0) is 0 Å². The number of nitrogens with zero attached hydrogens (tertiary/aromatic N) is 3. The molecule has 21 heavy (non-hydrogen) atoms. The number of aromatic nitrogens is 2. The molecule has 5 heteroatoms. The number of hydrogen-bond acceptors (Lipinski definition) is 5. The van der Waals surface area contributed by atoms with Crippen LogP contribution in [0.25, 0.3) is 10.2 Å². The van der Waals surface area contributed by atoms with Gasteiger partial charge in [0.15, 0.2) is 0 Å². The lowest BCUT2D eigenvalue weighted by Gasteiger charge is -2.36. The first-order valence-electron chi connectivity index (χ1n) is 7.79. The average Bonchev–Trinajstić information content (AvgIpc) is 2.86. The number of rotatable bonds is 4. The maximum Gasteiger partial charge on any atom is 0.138 e. The third kappa shape index (κ3) is 3.52. The third-order valence-electron chi connectivity index (χ3n) is 4.12. The summed E-state index contributed by atoms with van der Waals surface area (Å²) in [5, 5.41) is 6.77. The molecule has 0 saturated carbocycles. The van der Waals surface area contributed by atoms with Gasteiger partial charge in [0.1, 0.15) is 17.0 Å². The number of piperidine rings is 1. The second-order valence-electron chi connectivity index (χ2n) is 6.57. The van der Waals surface area contributed by atoms with Crippen LogP contribution in [-0.4, -0.2) is 40.5 Å². The molecule has 1 aliphatic rings. The topological polar surface area (TPSA) is 41.0 Å². The molecule has 4 nitrogen and oxygen atoms in total. The Morgan fingerprint density at radius 1 is 1.33 bits per heavy atom. The van der Waals surface area contributed by atoms with E-state index in [1.54, 1.807) is 17.7 Å². The van der Waals surface area contributed by atoms with Crippen LogP contribution in [0.3, 0.4) is 0 Å². The Morgan fingerprint density at radius 3 is 2.86 bits per heavy atom. The zero-order valence-corrected chi connectivity index (χ0v) is 13.9. The van der Waals surface area contributed by atoms with E-state index in [2.05, 4.69) is 52.4 Å². The first kappa shape index (κ1) is 14.7. The first-order chi connectivity index (χ1) is 10.1. The SMILES string of the molecule is C[C@@H]1C[C@H](C)CN(C[C@@H](C)Nc2ncnc3sccc23)C1. The lowest BCUT2D eigenvalue weighted by Crippen LogP contribution is -2.43. The van der Waals surface area contributed by atoms with Crippen LogP contribution in [0.4, 0.5) is 5.82 Å². The molecule has 114 valence electrons. The van der Waals surface area contributed by atoms with Crippen LogP contribution >= 0.6 is 11.3 Å². The standard InChI is InChI=1S/C16H24N4S/c1-11-6-12(2)8-20(7-11)9-13(3)19-15-14-4-5-21-16(14)18-10-17-15/h4-5,10-13H,6-9H2,1-3H3,(H,17,18,19)/t11-,12+,13-/m1/s1. The van der Waals surface area contributed by atoms with Crippen molar-refractivity contribution in [2.24, 2.45) is 11.8 Å². The Balaban J connectivity index is 1.63. The Labute approximate surface area is 130 Å². The summed E-state index contributed by atoms with van der Waals surface area (Å²) in [5.41, 5.74) is 0. The fourth-order valence-corrected chi connectivity index (χ4v) is 4.25. The minimum absolute atomic E-state index is 0.389. The van der Waals surface area contributed by atoms with Crippen molar-refractivity contribution in [1.29, 1.82) is 0 Å². The lowest BCUT2D eigenvalue weighted by atomic mass is 9.92. The number of hydrogen-bond donors (Lipinski definition) is 1. The molecule has 0 amide bonds. The van der Waals surface area contributed by atoms with Gasteiger partial charge in [-0.3, -0.25) is 0 Å². The molecule has 2 aromatic rings. The van der Waals surface area contributed by atoms with E-state index in [-0.39, 0.29) is 0 Å². The van der Waals surface area contributed by atoms with Crippen molar-refractivity contribution < 1.29 is 0 Å². The highest BCUT2D eigenvalue weighted by molar-refractivity contribution is 7.16. The van der Waals surface area contributed by atoms with Gasteiger partial charge >= 0.3 is 0 Å². The van der Waals surface area contributed by atoms with Crippen LogP contribution in [0.1, 0.15) is 27.2 Å². The van der Waals surface area contributed by atoms with E-state index in [9.17, 15) is 0 Å². The number of thiophene rings is 1. The summed E-state index contributed by atoms with van der Waals surface area (Å²) in [4.78, 5) is 12.4. The third-order valence-corrected chi connectivity index (χ3v) is 4.94. The van der Waals surface area contributed by atoms with Crippen molar-refractivity contribution in [2.45, 2.75) is 33.2 Å². The first-order valence-corrected chi connectivity index (χ1v) is 8.67. The second kappa shape index (κ2) is 6.28. The van der Waals surface area contributed by atoms with Gasteiger partial charge in [-0.05, 0) is 36.6 Å². The van der Waals surface area contributed by atoms with Crippen LogP contribution in [0, 0.1) is 11.8 Å². The van der Waals surface area contributed by atoms with Crippen LogP contribution < -0.4 is 5.32 Å². The van der Waals surface area contributed by atoms with Gasteiger partial charge in [-0.2, -0.15) is 0 Å². The van der Waals surface area contributed by atoms with Crippen molar-refractivity contribution in [1.82, 2.24) is 14.9 Å². The molecule has 1 aliphatic heterocycles. The molecule has 1 N–H and O–H groups in total. The smallest absolute Gasteiger partial charge is 0.138 e. The van der Waals surface area contributed by atoms with E-state index in [0.29, 0.717) is 6.04 Å². The highest BCUT2D eigenvalue weighted by Gasteiger charge is 2.23. The van der Waals surface area contributed by atoms with E-state index in [1.165, 1.54) is 19.5 Å². The van der Waals surface area contributed by atoms with Gasteiger partial charge in [-0.15, -0.1) is 11.3 Å². The maximum atomic E-state index is 4.41. The highest BCUT2D eigenvalue weighted by atomic mass is 32.1. The number of nitrogens with one attached hydrogen (secondary N) is 1. The van der Waals surface area contributed by atoms with E-state index in [0.717, 1.165) is 34.4 Å². The summed E-state index contributed by atoms with van der Waals surface area (Å²) in [5.74, 6) is 2.58. The Bertz CT molecular complexity index is 587. The number of anilines is 1. The van der Waals surface area contributed by atoms with Crippen molar-refractivity contribution >= 4 is 27.4 Å². The summed E-state index contributed by atoms with van der Waals surface area (Å²) >= 11 is 1.66. The fraction of sp³-hybridized carbons (Fsp3) is 0.625. The van der Waals surface area contributed by atoms with Gasteiger partial charge in [-0.1, -0.05) is 13.8 Å². The van der Waals surface area contributed by atoms with Gasteiger partial charge < -0.3 is 10.2 Å². The van der Waals surface area contributed by atoms with Gasteiger partial charge in [0, 0.05) is 25.7 Å². The molecule has 1 saturated heterocycles. The summed E-state index contributed by atoms with van der Waals surface area (Å²) in [7, 11) is 0. The summed E-state index contributed by atoms with van der Waals surface area (Å²) in [6.45, 7) is 10.5. The van der Waals surface area contributed by atoms with Crippen LogP contribution in [0.5, 0.6) is 0 Å². The number of fused-ring (bicyclic) bond motifs is 1. The van der Waals surface area contributed by atoms with Crippen LogP contribution in [0.2, 0.25) is 0 Å². The molecule has 0 bridgehead atoms. The summed E-state index contributed by atoms with van der Waals surface area (Å²) in [6.07, 6.45) is 3.01. The van der Waals surface area contributed by atoms with Gasteiger partial charge in [0.05, 0.1) is 5.39 Å². The molecule has 1 fully saturated rings. The monoisotopic (exact) mass is 304 g/mol. The van der Waals surface area contributed by atoms with Gasteiger partial charge in [0.25, 0.3) is 0 Å². The minimum atomic E-state index is 0.389. The molecular formula is C16H24N4S. The predicted octanol–water partition coefficient (Wildman–Crippen LogP) is 3.47. The highest BCUT2D eigenvalue weighted by Crippen LogP contribution is 2.25. The number of likely N-dealkylation sites (tertiary alicyclic amines) is 1. The normalized spacial score (nSPS) is 25.1. The lowest BCUT2D eigenvalue weighted by molar-refractivity contribution is 0.138. The molecule has 3 atom stereocenters. The molecule has 2 aromatic heterocycles. The van der Waals surface area contributed by atoms with E-state index in [1.807, 2.05) is 0 Å². The molecule has 0 spiro atoms. The van der Waals surface area contributed by atoms with Gasteiger partial charge in [0.2, 0.25) is 0 Å². The summed E-state index contributed by atoms with van der Waals surface area (Å²) < 4.78 is 0. The van der Waals surface area contributed by atoms with Crippen molar-refractivity contribution in [3.8, 4) is 0 Å². The average molecular weight is 304 g/mol. The summed E-state index contributed by atoms with van der Waals surface area (Å²) in [6, 6.07) is 2.49. The van der Waals surface area contributed by atoms with Gasteiger partial charge in [-0.25, -0.2) is 9.97 Å². The molecular weight excluding hydrogens is 280 g/mol. The molecule has 0 aromatic carbocycles. The maximum absolute atomic E-state index is 4.41. The zero-order chi connectivity index (χ0) is 14.8.